The molecule has 3 aromatic rings. The molecule has 0 radical (unpaired) electrons. The normalized spacial score (nSPS) is 13.9. The van der Waals surface area contributed by atoms with Crippen molar-refractivity contribution in [2.24, 2.45) is 5.73 Å². The molecular formula is C26H35ClN4O3Si. The van der Waals surface area contributed by atoms with E-state index in [1.54, 1.807) is 0 Å². The quantitative estimate of drug-likeness (QED) is 0.314. The van der Waals surface area contributed by atoms with Gasteiger partial charge in [0.15, 0.2) is 8.32 Å². The fourth-order valence-electron chi connectivity index (χ4n) is 3.53. The van der Waals surface area contributed by atoms with Crippen molar-refractivity contribution in [3.63, 3.8) is 0 Å². The van der Waals surface area contributed by atoms with Gasteiger partial charge in [0.1, 0.15) is 11.5 Å². The highest BCUT2D eigenvalue weighted by Gasteiger charge is 2.40. The smallest absolute Gasteiger partial charge is 0.266 e. The number of H-pyrrole nitrogens is 1. The van der Waals surface area contributed by atoms with Gasteiger partial charge in [-0.05, 0) is 49.7 Å². The third-order valence-corrected chi connectivity index (χ3v) is 11.4. The molecule has 7 nitrogen and oxygen atoms in total. The zero-order chi connectivity index (χ0) is 25.8. The van der Waals surface area contributed by atoms with E-state index in [0.29, 0.717) is 29.8 Å². The van der Waals surface area contributed by atoms with Gasteiger partial charge in [0.25, 0.3) is 5.91 Å². The first-order valence-electron chi connectivity index (χ1n) is 11.8. The van der Waals surface area contributed by atoms with Gasteiger partial charge in [-0.25, -0.2) is 9.97 Å². The van der Waals surface area contributed by atoms with Gasteiger partial charge in [-0.1, -0.05) is 50.6 Å². The Morgan fingerprint density at radius 2 is 1.86 bits per heavy atom. The lowest BCUT2D eigenvalue weighted by Gasteiger charge is -2.40. The number of benzene rings is 1. The second-order valence-corrected chi connectivity index (χ2v) is 15.4. The summed E-state index contributed by atoms with van der Waals surface area (Å²) in [6.45, 7) is 13.5. The first-order chi connectivity index (χ1) is 16.4. The van der Waals surface area contributed by atoms with Crippen molar-refractivity contribution in [3.05, 3.63) is 65.2 Å². The van der Waals surface area contributed by atoms with Crippen LogP contribution in [-0.2, 0) is 4.43 Å². The zero-order valence-corrected chi connectivity index (χ0v) is 23.0. The number of primary amides is 1. The minimum atomic E-state index is -2.03. The van der Waals surface area contributed by atoms with Crippen molar-refractivity contribution < 1.29 is 14.0 Å². The van der Waals surface area contributed by atoms with Crippen LogP contribution in [0.1, 0.15) is 56.3 Å². The van der Waals surface area contributed by atoms with Gasteiger partial charge in [-0.2, -0.15) is 0 Å². The van der Waals surface area contributed by atoms with Crippen molar-refractivity contribution in [2.75, 3.05) is 6.61 Å². The molecule has 9 heteroatoms. The zero-order valence-electron chi connectivity index (χ0n) is 21.3. The van der Waals surface area contributed by atoms with Crippen LogP contribution < -0.4 is 10.5 Å². The van der Waals surface area contributed by atoms with Crippen LogP contribution in [-0.4, -0.2) is 41.9 Å². The number of pyridine rings is 1. The number of hydrogen-bond donors (Lipinski definition) is 2. The molecule has 0 aliphatic heterocycles. The maximum Gasteiger partial charge on any atom is 0.266 e. The molecule has 2 heterocycles. The molecule has 0 aliphatic carbocycles. The van der Waals surface area contributed by atoms with E-state index in [-0.39, 0.29) is 22.8 Å². The lowest BCUT2D eigenvalue weighted by molar-refractivity contribution is 0.0995. The van der Waals surface area contributed by atoms with E-state index in [1.165, 1.54) is 6.20 Å². The SMILES string of the molecule is C[C@H](O[Si](C)(C)C(C)(C)C)[C@H](CCOc1cccc(-c2ccc(Cl)cc2)n1)c1ncc(C(N)=O)[nH]1. The van der Waals surface area contributed by atoms with Crippen molar-refractivity contribution in [1.82, 2.24) is 15.0 Å². The predicted octanol–water partition coefficient (Wildman–Crippen LogP) is 6.19. The minimum Gasteiger partial charge on any atom is -0.478 e. The number of rotatable bonds is 10. The second-order valence-electron chi connectivity index (χ2n) is 10.2. The average Bonchev–Trinajstić information content (AvgIpc) is 3.26. The number of nitrogens with two attached hydrogens (primary N) is 1. The van der Waals surface area contributed by atoms with Gasteiger partial charge in [-0.3, -0.25) is 4.79 Å². The van der Waals surface area contributed by atoms with E-state index in [2.05, 4.69) is 55.7 Å². The first kappa shape index (κ1) is 26.9. The highest BCUT2D eigenvalue weighted by Crippen LogP contribution is 2.39. The van der Waals surface area contributed by atoms with Crippen LogP contribution in [0.5, 0.6) is 5.88 Å². The molecule has 0 saturated carbocycles. The summed E-state index contributed by atoms with van der Waals surface area (Å²) >= 11 is 6.00. The van der Waals surface area contributed by atoms with Crippen LogP contribution in [0.15, 0.2) is 48.7 Å². The molecule has 0 bridgehead atoms. The van der Waals surface area contributed by atoms with Gasteiger partial charge in [0.05, 0.1) is 24.6 Å². The lowest BCUT2D eigenvalue weighted by Crippen LogP contribution is -2.44. The number of imidazole rings is 1. The molecular weight excluding hydrogens is 480 g/mol. The first-order valence-corrected chi connectivity index (χ1v) is 15.0. The van der Waals surface area contributed by atoms with Gasteiger partial charge in [0, 0.05) is 22.6 Å². The molecule has 35 heavy (non-hydrogen) atoms. The topological polar surface area (TPSA) is 103 Å². The third kappa shape index (κ3) is 6.93. The number of ether oxygens (including phenoxy) is 1. The van der Waals surface area contributed by atoms with Gasteiger partial charge >= 0.3 is 0 Å². The average molecular weight is 515 g/mol. The third-order valence-electron chi connectivity index (χ3n) is 6.61. The Morgan fingerprint density at radius 1 is 1.17 bits per heavy atom. The molecule has 188 valence electrons. The second kappa shape index (κ2) is 10.9. The monoisotopic (exact) mass is 514 g/mol. The summed E-state index contributed by atoms with van der Waals surface area (Å²) < 4.78 is 12.7. The Hall–Kier alpha value is -2.68. The molecule has 0 spiro atoms. The van der Waals surface area contributed by atoms with E-state index in [1.807, 2.05) is 42.5 Å². The number of hydrogen-bond acceptors (Lipinski definition) is 5. The molecule has 1 aromatic carbocycles. The summed E-state index contributed by atoms with van der Waals surface area (Å²) in [4.78, 5) is 23.8. The highest BCUT2D eigenvalue weighted by molar-refractivity contribution is 6.74. The summed E-state index contributed by atoms with van der Waals surface area (Å²) in [5.74, 6) is 0.541. The molecule has 0 fully saturated rings. The van der Waals surface area contributed by atoms with E-state index in [0.717, 1.165) is 11.3 Å². The fourth-order valence-corrected chi connectivity index (χ4v) is 5.11. The van der Waals surface area contributed by atoms with Crippen molar-refractivity contribution >= 4 is 25.8 Å². The number of carbonyl (C=O) groups excluding carboxylic acids is 1. The fraction of sp³-hybridized carbons (Fsp3) is 0.423. The number of halogens is 1. The number of carbonyl (C=O) groups is 1. The molecule has 0 saturated heterocycles. The number of nitrogens with one attached hydrogen (secondary N) is 1. The van der Waals surface area contributed by atoms with Gasteiger partial charge in [-0.15, -0.1) is 0 Å². The summed E-state index contributed by atoms with van der Waals surface area (Å²) in [7, 11) is -2.03. The Bertz CT molecular complexity index is 1140. The molecule has 1 amide bonds. The molecule has 3 N–H and O–H groups in total. The van der Waals surface area contributed by atoms with E-state index in [4.69, 9.17) is 26.5 Å². The van der Waals surface area contributed by atoms with Gasteiger partial charge < -0.3 is 19.9 Å². The lowest BCUT2D eigenvalue weighted by atomic mass is 9.99. The summed E-state index contributed by atoms with van der Waals surface area (Å²) in [5.41, 5.74) is 7.48. The standard InChI is InChI=1S/C26H35ClN4O3Si/c1-17(34-35(5,6)26(2,3)4)20(25-29-16-22(31-25)24(28)32)14-15-33-23-9-7-8-21(30-23)18-10-12-19(27)13-11-18/h7-13,16-17,20H,14-15H2,1-6H3,(H2,28,32)(H,29,31)/t17-,20-/m0/s1. The van der Waals surface area contributed by atoms with Crippen LogP contribution in [0.3, 0.4) is 0 Å². The molecule has 0 unspecified atom stereocenters. The Balaban J connectivity index is 1.75. The molecule has 3 rings (SSSR count). The highest BCUT2D eigenvalue weighted by atomic mass is 35.5. The summed E-state index contributed by atoms with van der Waals surface area (Å²) in [6, 6.07) is 13.2. The molecule has 2 aromatic heterocycles. The maximum absolute atomic E-state index is 11.6. The Labute approximate surface area is 213 Å². The number of aromatic nitrogens is 3. The van der Waals surface area contributed by atoms with Crippen LogP contribution in [0.25, 0.3) is 11.3 Å². The predicted molar refractivity (Wildman–Crippen MR) is 142 cm³/mol. The van der Waals surface area contributed by atoms with Crippen molar-refractivity contribution in [1.29, 1.82) is 0 Å². The van der Waals surface area contributed by atoms with Crippen LogP contribution in [0.4, 0.5) is 0 Å². The van der Waals surface area contributed by atoms with E-state index in [9.17, 15) is 4.79 Å². The Morgan fingerprint density at radius 3 is 2.46 bits per heavy atom. The summed E-state index contributed by atoms with van der Waals surface area (Å²) in [5, 5.41) is 0.745. The molecule has 2 atom stereocenters. The van der Waals surface area contributed by atoms with Crippen LogP contribution in [0.2, 0.25) is 23.2 Å². The van der Waals surface area contributed by atoms with Crippen LogP contribution >= 0.6 is 11.6 Å². The van der Waals surface area contributed by atoms with Crippen molar-refractivity contribution in [2.45, 2.75) is 64.3 Å². The number of amides is 1. The van der Waals surface area contributed by atoms with E-state index < -0.39 is 14.2 Å². The largest absolute Gasteiger partial charge is 0.478 e. The molecule has 0 aliphatic rings. The number of aromatic amines is 1. The Kier molecular flexibility index (Phi) is 8.40. The van der Waals surface area contributed by atoms with E-state index >= 15 is 0 Å². The number of nitrogens with zero attached hydrogens (tertiary/aromatic N) is 2. The maximum atomic E-state index is 11.6. The summed E-state index contributed by atoms with van der Waals surface area (Å²) in [6.07, 6.45) is 1.95. The minimum absolute atomic E-state index is 0.0654. The van der Waals surface area contributed by atoms with Crippen LogP contribution in [0, 0.1) is 0 Å². The van der Waals surface area contributed by atoms with Gasteiger partial charge in [0.2, 0.25) is 5.88 Å². The van der Waals surface area contributed by atoms with Crippen molar-refractivity contribution in [3.8, 4) is 17.1 Å².